The number of hydrogen-bond acceptors (Lipinski definition) is 5. The first-order valence-corrected chi connectivity index (χ1v) is 9.07. The highest BCUT2D eigenvalue weighted by Crippen LogP contribution is 2.29. The first kappa shape index (κ1) is 18.7. The molecule has 142 valence electrons. The van der Waals surface area contributed by atoms with Gasteiger partial charge in [0, 0.05) is 30.7 Å². The summed E-state index contributed by atoms with van der Waals surface area (Å²) in [5.41, 5.74) is 2.83. The highest BCUT2D eigenvalue weighted by atomic mass is 16.5. The Morgan fingerprint density at radius 3 is 2.78 bits per heavy atom. The van der Waals surface area contributed by atoms with E-state index in [1.54, 1.807) is 18.3 Å². The minimum absolute atomic E-state index is 0.0937. The number of carbonyl (C=O) groups excluding carboxylic acids is 2. The molecular formula is C20H24N4O3. The molecule has 7 nitrogen and oxygen atoms in total. The predicted molar refractivity (Wildman–Crippen MR) is 105 cm³/mol. The predicted octanol–water partition coefficient (Wildman–Crippen LogP) is 2.60. The molecule has 1 N–H and O–H groups in total. The number of hydrogen-bond donors (Lipinski definition) is 1. The lowest BCUT2D eigenvalue weighted by molar-refractivity contribution is -0.123. The van der Waals surface area contributed by atoms with Crippen LogP contribution in [0.1, 0.15) is 19.4 Å². The van der Waals surface area contributed by atoms with Crippen LogP contribution < -0.4 is 19.9 Å². The number of nitrogens with one attached hydrogen (secondary N) is 1. The van der Waals surface area contributed by atoms with Crippen LogP contribution in [0.15, 0.2) is 36.5 Å². The van der Waals surface area contributed by atoms with Crippen LogP contribution in [0.4, 0.5) is 17.2 Å². The first-order valence-electron chi connectivity index (χ1n) is 9.07. The van der Waals surface area contributed by atoms with Crippen molar-refractivity contribution in [1.29, 1.82) is 0 Å². The highest BCUT2D eigenvalue weighted by molar-refractivity contribution is 6.04. The van der Waals surface area contributed by atoms with Gasteiger partial charge in [0.15, 0.2) is 18.2 Å². The Bertz CT molecular complexity index is 849. The summed E-state index contributed by atoms with van der Waals surface area (Å²) in [5.74, 6) is 0.313. The molecule has 2 amide bonds. The average molecular weight is 368 g/mol. The van der Waals surface area contributed by atoms with Gasteiger partial charge in [0.05, 0.1) is 0 Å². The molecule has 0 spiro atoms. The summed E-state index contributed by atoms with van der Waals surface area (Å²) in [5, 5.41) is 2.89. The van der Waals surface area contributed by atoms with Crippen molar-refractivity contribution in [2.45, 2.75) is 20.8 Å². The van der Waals surface area contributed by atoms with E-state index < -0.39 is 0 Å². The Morgan fingerprint density at radius 2 is 2.07 bits per heavy atom. The normalized spacial score (nSPS) is 13.0. The molecule has 0 bridgehead atoms. The quantitative estimate of drug-likeness (QED) is 0.848. The van der Waals surface area contributed by atoms with E-state index in [-0.39, 0.29) is 25.0 Å². The van der Waals surface area contributed by atoms with E-state index in [1.807, 2.05) is 19.1 Å². The van der Waals surface area contributed by atoms with E-state index in [4.69, 9.17) is 4.74 Å². The highest BCUT2D eigenvalue weighted by Gasteiger charge is 2.28. The van der Waals surface area contributed by atoms with Gasteiger partial charge in [0.1, 0.15) is 6.54 Å². The first-order chi connectivity index (χ1) is 13.0. The van der Waals surface area contributed by atoms with Crippen molar-refractivity contribution in [2.24, 2.45) is 0 Å². The zero-order valence-corrected chi connectivity index (χ0v) is 15.9. The Morgan fingerprint density at radius 1 is 1.30 bits per heavy atom. The molecule has 1 aliphatic rings. The van der Waals surface area contributed by atoms with Gasteiger partial charge in [0.25, 0.3) is 5.91 Å². The van der Waals surface area contributed by atoms with Gasteiger partial charge >= 0.3 is 0 Å². The average Bonchev–Trinajstić information content (AvgIpc) is 2.67. The lowest BCUT2D eigenvalue weighted by Crippen LogP contribution is -2.44. The largest absolute Gasteiger partial charge is 0.480 e. The van der Waals surface area contributed by atoms with E-state index in [0.29, 0.717) is 11.6 Å². The maximum atomic E-state index is 12.5. The SMILES string of the molecule is CCN(CC)c1ccc(NC(=O)CN2C(=O)COc3cccnc32)c(C)c1. The van der Waals surface area contributed by atoms with E-state index in [2.05, 4.69) is 35.1 Å². The summed E-state index contributed by atoms with van der Waals surface area (Å²) in [4.78, 5) is 32.5. The molecule has 0 aliphatic carbocycles. The van der Waals surface area contributed by atoms with Gasteiger partial charge in [-0.05, 0) is 56.7 Å². The molecule has 27 heavy (non-hydrogen) atoms. The number of ether oxygens (including phenoxy) is 1. The van der Waals surface area contributed by atoms with Crippen LogP contribution >= 0.6 is 0 Å². The van der Waals surface area contributed by atoms with Gasteiger partial charge in [-0.3, -0.25) is 14.5 Å². The minimum atomic E-state index is -0.287. The van der Waals surface area contributed by atoms with Crippen LogP contribution in [0.2, 0.25) is 0 Å². The molecule has 1 aromatic heterocycles. The Hall–Kier alpha value is -3.09. The van der Waals surface area contributed by atoms with E-state index in [1.165, 1.54) is 4.90 Å². The maximum absolute atomic E-state index is 12.5. The topological polar surface area (TPSA) is 74.8 Å². The van der Waals surface area contributed by atoms with Crippen LogP contribution in [0.5, 0.6) is 5.75 Å². The Kier molecular flexibility index (Phi) is 5.59. The number of aromatic nitrogens is 1. The van der Waals surface area contributed by atoms with Crippen molar-refractivity contribution in [3.05, 3.63) is 42.1 Å². The zero-order valence-electron chi connectivity index (χ0n) is 15.9. The number of anilines is 3. The van der Waals surface area contributed by atoms with Crippen molar-refractivity contribution < 1.29 is 14.3 Å². The second-order valence-electron chi connectivity index (χ2n) is 6.31. The molecule has 0 atom stereocenters. The molecule has 7 heteroatoms. The molecule has 0 saturated carbocycles. The van der Waals surface area contributed by atoms with Gasteiger partial charge in [-0.15, -0.1) is 0 Å². The second-order valence-corrected chi connectivity index (χ2v) is 6.31. The summed E-state index contributed by atoms with van der Waals surface area (Å²) >= 11 is 0. The summed E-state index contributed by atoms with van der Waals surface area (Å²) in [6.07, 6.45) is 1.57. The Labute approximate surface area is 158 Å². The van der Waals surface area contributed by atoms with Crippen molar-refractivity contribution in [3.8, 4) is 5.75 Å². The molecule has 1 aliphatic heterocycles. The number of carbonyl (C=O) groups is 2. The summed E-state index contributed by atoms with van der Waals surface area (Å²) in [6.45, 7) is 7.83. The fourth-order valence-corrected chi connectivity index (χ4v) is 3.10. The summed E-state index contributed by atoms with van der Waals surface area (Å²) < 4.78 is 5.35. The molecule has 2 heterocycles. The molecule has 0 unspecified atom stereocenters. The number of benzene rings is 1. The van der Waals surface area contributed by atoms with Crippen LogP contribution in [0.25, 0.3) is 0 Å². The lowest BCUT2D eigenvalue weighted by Gasteiger charge is -2.27. The third-order valence-electron chi connectivity index (χ3n) is 4.57. The minimum Gasteiger partial charge on any atom is -0.480 e. The van der Waals surface area contributed by atoms with Crippen LogP contribution in [-0.4, -0.2) is 43.0 Å². The van der Waals surface area contributed by atoms with Gasteiger partial charge in [-0.1, -0.05) is 0 Å². The number of nitrogens with zero attached hydrogens (tertiary/aromatic N) is 3. The lowest BCUT2D eigenvalue weighted by atomic mass is 10.1. The fraction of sp³-hybridized carbons (Fsp3) is 0.350. The van der Waals surface area contributed by atoms with E-state index >= 15 is 0 Å². The van der Waals surface area contributed by atoms with Crippen LogP contribution in [0.3, 0.4) is 0 Å². The van der Waals surface area contributed by atoms with E-state index in [0.717, 1.165) is 30.0 Å². The molecule has 0 fully saturated rings. The maximum Gasteiger partial charge on any atom is 0.266 e. The zero-order chi connectivity index (χ0) is 19.4. The third-order valence-corrected chi connectivity index (χ3v) is 4.57. The smallest absolute Gasteiger partial charge is 0.266 e. The van der Waals surface area contributed by atoms with Gasteiger partial charge < -0.3 is 15.0 Å². The third kappa shape index (κ3) is 4.02. The summed E-state index contributed by atoms with van der Waals surface area (Å²) in [6, 6.07) is 9.41. The molecule has 0 radical (unpaired) electrons. The van der Waals surface area contributed by atoms with Crippen LogP contribution in [0, 0.1) is 6.92 Å². The van der Waals surface area contributed by atoms with Crippen molar-refractivity contribution in [1.82, 2.24) is 4.98 Å². The number of aryl methyl sites for hydroxylation is 1. The second kappa shape index (κ2) is 8.07. The van der Waals surface area contributed by atoms with Gasteiger partial charge in [-0.2, -0.15) is 0 Å². The van der Waals surface area contributed by atoms with Gasteiger partial charge in [0.2, 0.25) is 5.91 Å². The van der Waals surface area contributed by atoms with Crippen LogP contribution in [-0.2, 0) is 9.59 Å². The monoisotopic (exact) mass is 368 g/mol. The standard InChI is InChI=1S/C20H24N4O3/c1-4-23(5-2)15-8-9-16(14(3)11-15)22-18(25)12-24-19(26)13-27-17-7-6-10-21-20(17)24/h6-11H,4-5,12-13H2,1-3H3,(H,22,25). The van der Waals surface area contributed by atoms with Crippen molar-refractivity contribution in [2.75, 3.05) is 41.4 Å². The molecular weight excluding hydrogens is 344 g/mol. The van der Waals surface area contributed by atoms with Crippen molar-refractivity contribution in [3.63, 3.8) is 0 Å². The number of amides is 2. The molecule has 1 aromatic carbocycles. The van der Waals surface area contributed by atoms with E-state index in [9.17, 15) is 9.59 Å². The number of rotatable bonds is 6. The molecule has 2 aromatic rings. The fourth-order valence-electron chi connectivity index (χ4n) is 3.10. The number of fused-ring (bicyclic) bond motifs is 1. The summed E-state index contributed by atoms with van der Waals surface area (Å²) in [7, 11) is 0. The van der Waals surface area contributed by atoms with Gasteiger partial charge in [-0.25, -0.2) is 4.98 Å². The number of pyridine rings is 1. The molecule has 0 saturated heterocycles. The molecule has 3 rings (SSSR count). The van der Waals surface area contributed by atoms with Crippen molar-refractivity contribution >= 4 is 29.0 Å². The Balaban J connectivity index is 1.72.